The molecule has 1 aromatic rings. The topological polar surface area (TPSA) is 66.9 Å². The van der Waals surface area contributed by atoms with Crippen LogP contribution in [0.1, 0.15) is 25.1 Å². The van der Waals surface area contributed by atoms with E-state index in [4.69, 9.17) is 0 Å². The monoisotopic (exact) mass is 232 g/mol. The Labute approximate surface area is 100 Å². The van der Waals surface area contributed by atoms with E-state index in [1.54, 1.807) is 19.2 Å². The summed E-state index contributed by atoms with van der Waals surface area (Å²) < 4.78 is 0. The molecule has 0 radical (unpaired) electrons. The molecular formula is C12H16N4O. The molecule has 1 heterocycles. The standard InChI is InChI=1S/C12H16N4O/c1-7-13-3-2-11(14-7)16-12(17)15-10-5-8-4-9(8)6-10/h2-3,8-10H,4-6H2,1H3,(H2,13,14,15,16,17). The lowest BCUT2D eigenvalue weighted by Gasteiger charge is -2.14. The van der Waals surface area contributed by atoms with Crippen LogP contribution < -0.4 is 10.6 Å². The number of nitrogens with zero attached hydrogens (tertiary/aromatic N) is 2. The third-order valence-corrected chi connectivity index (χ3v) is 3.60. The van der Waals surface area contributed by atoms with E-state index in [1.807, 2.05) is 0 Å². The fourth-order valence-electron chi connectivity index (χ4n) is 2.70. The number of rotatable bonds is 2. The van der Waals surface area contributed by atoms with Crippen molar-refractivity contribution in [1.29, 1.82) is 0 Å². The summed E-state index contributed by atoms with van der Waals surface area (Å²) in [6, 6.07) is 1.88. The van der Waals surface area contributed by atoms with E-state index in [-0.39, 0.29) is 6.03 Å². The van der Waals surface area contributed by atoms with Crippen LogP contribution in [0.3, 0.4) is 0 Å². The number of hydrogen-bond acceptors (Lipinski definition) is 3. The molecule has 2 N–H and O–H groups in total. The van der Waals surface area contributed by atoms with Crippen molar-refractivity contribution in [1.82, 2.24) is 15.3 Å². The van der Waals surface area contributed by atoms with Gasteiger partial charge in [0.25, 0.3) is 0 Å². The van der Waals surface area contributed by atoms with Crippen molar-refractivity contribution in [2.75, 3.05) is 5.32 Å². The van der Waals surface area contributed by atoms with E-state index in [0.29, 0.717) is 17.7 Å². The van der Waals surface area contributed by atoms with Gasteiger partial charge in [-0.15, -0.1) is 0 Å². The number of carbonyl (C=O) groups is 1. The van der Waals surface area contributed by atoms with Crippen molar-refractivity contribution in [3.05, 3.63) is 18.1 Å². The largest absolute Gasteiger partial charge is 0.335 e. The highest BCUT2D eigenvalue weighted by Crippen LogP contribution is 2.51. The van der Waals surface area contributed by atoms with E-state index in [1.165, 1.54) is 6.42 Å². The molecule has 2 atom stereocenters. The zero-order valence-electron chi connectivity index (χ0n) is 9.81. The quantitative estimate of drug-likeness (QED) is 0.815. The number of urea groups is 1. The summed E-state index contributed by atoms with van der Waals surface area (Å²) in [7, 11) is 0. The maximum Gasteiger partial charge on any atom is 0.320 e. The van der Waals surface area contributed by atoms with E-state index >= 15 is 0 Å². The summed E-state index contributed by atoms with van der Waals surface area (Å²) in [5.41, 5.74) is 0. The summed E-state index contributed by atoms with van der Waals surface area (Å²) in [4.78, 5) is 19.8. The lowest BCUT2D eigenvalue weighted by Crippen LogP contribution is -2.37. The fraction of sp³-hybridized carbons (Fsp3) is 0.583. The van der Waals surface area contributed by atoms with Gasteiger partial charge in [-0.2, -0.15) is 0 Å². The summed E-state index contributed by atoms with van der Waals surface area (Å²) in [6.45, 7) is 1.80. The maximum absolute atomic E-state index is 11.7. The first-order chi connectivity index (χ1) is 8.20. The van der Waals surface area contributed by atoms with Gasteiger partial charge in [-0.25, -0.2) is 14.8 Å². The van der Waals surface area contributed by atoms with Crippen molar-refractivity contribution in [2.45, 2.75) is 32.2 Å². The Bertz CT molecular complexity index is 438. The SMILES string of the molecule is Cc1nccc(NC(=O)NC2CC3CC3C2)n1. The fourth-order valence-corrected chi connectivity index (χ4v) is 2.70. The van der Waals surface area contributed by atoms with Crippen LogP contribution in [0, 0.1) is 18.8 Å². The van der Waals surface area contributed by atoms with Gasteiger partial charge in [0.05, 0.1) is 0 Å². The van der Waals surface area contributed by atoms with Crippen molar-refractivity contribution >= 4 is 11.8 Å². The van der Waals surface area contributed by atoms with E-state index in [9.17, 15) is 4.79 Å². The van der Waals surface area contributed by atoms with Crippen LogP contribution in [-0.2, 0) is 0 Å². The average Bonchev–Trinajstić information content (AvgIpc) is 2.86. The highest BCUT2D eigenvalue weighted by molar-refractivity contribution is 5.88. The number of hydrogen-bond donors (Lipinski definition) is 2. The molecule has 2 aliphatic rings. The summed E-state index contributed by atoms with van der Waals surface area (Å²) >= 11 is 0. The Morgan fingerprint density at radius 2 is 2.12 bits per heavy atom. The number of anilines is 1. The van der Waals surface area contributed by atoms with Crippen molar-refractivity contribution < 1.29 is 4.79 Å². The molecule has 0 aromatic carbocycles. The first-order valence-electron chi connectivity index (χ1n) is 6.08. The van der Waals surface area contributed by atoms with E-state index < -0.39 is 0 Å². The summed E-state index contributed by atoms with van der Waals surface area (Å²) in [5, 5.41) is 5.74. The average molecular weight is 232 g/mol. The second-order valence-corrected chi connectivity index (χ2v) is 5.01. The molecule has 5 heteroatoms. The van der Waals surface area contributed by atoms with Crippen LogP contribution in [0.5, 0.6) is 0 Å². The first kappa shape index (κ1) is 10.5. The molecule has 90 valence electrons. The molecule has 1 aromatic heterocycles. The molecule has 2 fully saturated rings. The summed E-state index contributed by atoms with van der Waals surface area (Å²) in [6.07, 6.45) is 5.29. The molecule has 5 nitrogen and oxygen atoms in total. The van der Waals surface area contributed by atoms with E-state index in [2.05, 4.69) is 20.6 Å². The Morgan fingerprint density at radius 3 is 2.82 bits per heavy atom. The number of aryl methyl sites for hydroxylation is 1. The number of fused-ring (bicyclic) bond motifs is 1. The Balaban J connectivity index is 1.53. The molecule has 0 aliphatic heterocycles. The minimum Gasteiger partial charge on any atom is -0.335 e. The van der Waals surface area contributed by atoms with Gasteiger partial charge in [0.2, 0.25) is 0 Å². The zero-order chi connectivity index (χ0) is 11.8. The van der Waals surface area contributed by atoms with Crippen LogP contribution in [-0.4, -0.2) is 22.0 Å². The molecule has 2 amide bonds. The van der Waals surface area contributed by atoms with Crippen molar-refractivity contribution in [3.63, 3.8) is 0 Å². The Morgan fingerprint density at radius 1 is 1.35 bits per heavy atom. The second kappa shape index (κ2) is 3.98. The van der Waals surface area contributed by atoms with Gasteiger partial charge < -0.3 is 5.32 Å². The van der Waals surface area contributed by atoms with Gasteiger partial charge in [0, 0.05) is 12.2 Å². The van der Waals surface area contributed by atoms with E-state index in [0.717, 1.165) is 24.7 Å². The molecule has 2 saturated carbocycles. The molecule has 3 rings (SSSR count). The minimum atomic E-state index is -0.158. The lowest BCUT2D eigenvalue weighted by atomic mass is 10.2. The third kappa shape index (κ3) is 2.38. The number of carbonyl (C=O) groups excluding carboxylic acids is 1. The van der Waals surface area contributed by atoms with Crippen LogP contribution >= 0.6 is 0 Å². The zero-order valence-corrected chi connectivity index (χ0v) is 9.81. The van der Waals surface area contributed by atoms with Crippen LogP contribution in [0.25, 0.3) is 0 Å². The van der Waals surface area contributed by atoms with Crippen LogP contribution in [0.15, 0.2) is 12.3 Å². The number of nitrogens with one attached hydrogen (secondary N) is 2. The Hall–Kier alpha value is -1.65. The predicted octanol–water partition coefficient (Wildman–Crippen LogP) is 1.71. The second-order valence-electron chi connectivity index (χ2n) is 5.01. The van der Waals surface area contributed by atoms with Gasteiger partial charge in [-0.1, -0.05) is 0 Å². The molecule has 0 bridgehead atoms. The van der Waals surface area contributed by atoms with Gasteiger partial charge in [-0.05, 0) is 44.1 Å². The predicted molar refractivity (Wildman–Crippen MR) is 63.5 cm³/mol. The maximum atomic E-state index is 11.7. The van der Waals surface area contributed by atoms with Crippen LogP contribution in [0.4, 0.5) is 10.6 Å². The molecule has 0 saturated heterocycles. The first-order valence-corrected chi connectivity index (χ1v) is 6.08. The van der Waals surface area contributed by atoms with Gasteiger partial charge in [0.1, 0.15) is 11.6 Å². The van der Waals surface area contributed by atoms with Crippen LogP contribution in [0.2, 0.25) is 0 Å². The molecule has 17 heavy (non-hydrogen) atoms. The molecular weight excluding hydrogens is 216 g/mol. The van der Waals surface area contributed by atoms with Gasteiger partial charge >= 0.3 is 6.03 Å². The minimum absolute atomic E-state index is 0.158. The van der Waals surface area contributed by atoms with Crippen molar-refractivity contribution in [3.8, 4) is 0 Å². The third-order valence-electron chi connectivity index (χ3n) is 3.60. The number of amides is 2. The number of aromatic nitrogens is 2. The highest BCUT2D eigenvalue weighted by Gasteiger charge is 2.46. The molecule has 2 unspecified atom stereocenters. The lowest BCUT2D eigenvalue weighted by molar-refractivity contribution is 0.247. The van der Waals surface area contributed by atoms with Crippen molar-refractivity contribution in [2.24, 2.45) is 11.8 Å². The normalized spacial score (nSPS) is 29.6. The molecule has 2 aliphatic carbocycles. The Kier molecular flexibility index (Phi) is 2.46. The van der Waals surface area contributed by atoms with Gasteiger partial charge in [0.15, 0.2) is 0 Å². The smallest absolute Gasteiger partial charge is 0.320 e. The highest BCUT2D eigenvalue weighted by atomic mass is 16.2. The molecule has 0 spiro atoms. The van der Waals surface area contributed by atoms with Gasteiger partial charge in [-0.3, -0.25) is 5.32 Å². The summed E-state index contributed by atoms with van der Waals surface area (Å²) in [5.74, 6) is 2.96.